The Balaban J connectivity index is 1.02. The number of pyridine rings is 1. The number of rotatable bonds is 3. The molecule has 0 spiro atoms. The molecular formula is C95H84BN3. The fraction of sp³-hybridized carbons (Fsp3) is 0.253. The second kappa shape index (κ2) is 19.6. The average Bonchev–Trinajstić information content (AvgIpc) is 1.53. The largest absolute Gasteiger partial charge is 0.310 e. The minimum absolute atomic E-state index is 0.000284. The van der Waals surface area contributed by atoms with Gasteiger partial charge in [0.2, 0.25) is 0 Å². The second-order valence-electron chi connectivity index (χ2n) is 35.1. The van der Waals surface area contributed by atoms with Crippen LogP contribution < -0.4 is 16.4 Å². The average molecular weight is 1280 g/mol. The van der Waals surface area contributed by atoms with Crippen molar-refractivity contribution in [1.29, 1.82) is 0 Å². The third-order valence-corrected chi connectivity index (χ3v) is 25.3. The van der Waals surface area contributed by atoms with Gasteiger partial charge in [-0.1, -0.05) is 255 Å². The van der Waals surface area contributed by atoms with Gasteiger partial charge < -0.3 is 9.13 Å². The second-order valence-corrected chi connectivity index (χ2v) is 35.1. The molecule has 0 atom stereocenters. The maximum Gasteiger partial charge on any atom is 0.252 e. The van der Waals surface area contributed by atoms with Crippen molar-refractivity contribution < 1.29 is 0 Å². The number of fused-ring (bicyclic) bond motifs is 26. The van der Waals surface area contributed by atoms with Gasteiger partial charge in [0.1, 0.15) is 0 Å². The molecule has 482 valence electrons. The summed E-state index contributed by atoms with van der Waals surface area (Å²) in [7, 11) is 0. The van der Waals surface area contributed by atoms with Gasteiger partial charge in [-0.15, -0.1) is 0 Å². The molecule has 0 unspecified atom stereocenters. The molecule has 2 aliphatic carbocycles. The van der Waals surface area contributed by atoms with E-state index in [1.807, 2.05) is 0 Å². The third kappa shape index (κ3) is 8.01. The van der Waals surface area contributed by atoms with Crippen LogP contribution in [0, 0.1) is 0 Å². The molecule has 99 heavy (non-hydrogen) atoms. The summed E-state index contributed by atoms with van der Waals surface area (Å²) in [5, 5.41) is 20.8. The first-order valence-corrected chi connectivity index (χ1v) is 36.5. The van der Waals surface area contributed by atoms with E-state index < -0.39 is 0 Å². The molecule has 20 rings (SSSR count). The maximum absolute atomic E-state index is 5.41. The summed E-state index contributed by atoms with van der Waals surface area (Å²) in [5.41, 5.74) is 27.2. The molecule has 0 radical (unpaired) electrons. The lowest BCUT2D eigenvalue weighted by Crippen LogP contribution is -2.59. The zero-order valence-corrected chi connectivity index (χ0v) is 59.9. The first-order valence-electron chi connectivity index (χ1n) is 36.5. The van der Waals surface area contributed by atoms with Crippen LogP contribution in [0.25, 0.3) is 153 Å². The van der Waals surface area contributed by atoms with Gasteiger partial charge in [-0.3, -0.25) is 4.98 Å². The van der Waals surface area contributed by atoms with Crippen molar-refractivity contribution in [1.82, 2.24) is 14.1 Å². The number of hydrogen-bond acceptors (Lipinski definition) is 1. The van der Waals surface area contributed by atoms with E-state index in [2.05, 4.69) is 313 Å². The van der Waals surface area contributed by atoms with Crippen molar-refractivity contribution in [2.24, 2.45) is 0 Å². The third-order valence-electron chi connectivity index (χ3n) is 25.3. The standard InChI is InChI=1S/C95H84BN3/c1-90(2,3)56-33-37-78-67(47-56)69-48-57(91(4,5)6)49-76-88(69)98(78)80-45-55(82-70(53-31-35-72-74(43-53)94(11,12)41-39-92(72,7)8)51-97-52-71(82)54-32-36-73-75(44-54)95(13,14)42-40-93(73,9)10)46-81-87(80)96(76)77-50-68-63-28-18-16-24-59(63)61-26-20-22-30-65(61)84(68)86-85-79(99(81)89(77)86)38-34-66-62-27-17-15-23-58(62)60-25-19-21-29-64(60)83(66)85/h15-38,43-52H,39-42H2,1-14H3. The van der Waals surface area contributed by atoms with Crippen LogP contribution in [0.2, 0.25) is 0 Å². The predicted molar refractivity (Wildman–Crippen MR) is 427 cm³/mol. The van der Waals surface area contributed by atoms with E-state index >= 15 is 0 Å². The smallest absolute Gasteiger partial charge is 0.252 e. The van der Waals surface area contributed by atoms with Crippen molar-refractivity contribution in [3.63, 3.8) is 0 Å². The Morgan fingerprint density at radius 1 is 0.333 bits per heavy atom. The minimum Gasteiger partial charge on any atom is -0.310 e. The summed E-state index contributed by atoms with van der Waals surface area (Å²) in [4.78, 5) is 5.41. The summed E-state index contributed by atoms with van der Waals surface area (Å²) >= 11 is 0. The summed E-state index contributed by atoms with van der Waals surface area (Å²) in [6, 6.07) is 77.6. The number of hydrogen-bond donors (Lipinski definition) is 0. The van der Waals surface area contributed by atoms with Gasteiger partial charge in [0.15, 0.2) is 0 Å². The van der Waals surface area contributed by atoms with Crippen LogP contribution in [0.1, 0.15) is 156 Å². The zero-order chi connectivity index (χ0) is 67.7. The minimum atomic E-state index is -0.148. The first-order chi connectivity index (χ1) is 47.4. The highest BCUT2D eigenvalue weighted by Gasteiger charge is 2.45. The molecule has 2 aliphatic heterocycles. The SMILES string of the molecule is CC(C)(C)c1ccc2c(c1)c1cc(C(C)(C)C)cc3c1n2-c1cc(-c2c(-c4ccc5c(c4)C(C)(C)CCC5(C)C)cncc2-c2ccc4c(c2)C(C)(C)CCC4(C)C)cc2c1B3c1cc3c4ccccc4c4ccccc4c3c3c4c5c6ccccc6c6ccccc6c5ccc4n-2c13. The Labute approximate surface area is 581 Å². The molecule has 16 aromatic rings. The van der Waals surface area contributed by atoms with Crippen molar-refractivity contribution in [3.8, 4) is 44.8 Å². The lowest BCUT2D eigenvalue weighted by atomic mass is 9.34. The number of nitrogens with zero attached hydrogens (tertiary/aromatic N) is 3. The van der Waals surface area contributed by atoms with Crippen molar-refractivity contribution in [3.05, 3.63) is 240 Å². The topological polar surface area (TPSA) is 22.8 Å². The van der Waals surface area contributed by atoms with E-state index in [0.717, 1.165) is 36.8 Å². The fourth-order valence-electron chi connectivity index (χ4n) is 19.8. The van der Waals surface area contributed by atoms with Crippen LogP contribution in [0.15, 0.2) is 207 Å². The van der Waals surface area contributed by atoms with Crippen LogP contribution in [0.4, 0.5) is 0 Å². The molecule has 0 fully saturated rings. The highest BCUT2D eigenvalue weighted by atomic mass is 15.0. The maximum atomic E-state index is 5.41. The molecule has 0 bridgehead atoms. The highest BCUT2D eigenvalue weighted by Crippen LogP contribution is 2.55. The van der Waals surface area contributed by atoms with Crippen molar-refractivity contribution in [2.75, 3.05) is 0 Å². The number of benzene rings is 13. The van der Waals surface area contributed by atoms with Crippen LogP contribution in [-0.2, 0) is 32.5 Å². The van der Waals surface area contributed by atoms with E-state index in [-0.39, 0.29) is 39.2 Å². The molecule has 3 nitrogen and oxygen atoms in total. The zero-order valence-electron chi connectivity index (χ0n) is 59.9. The quantitative estimate of drug-likeness (QED) is 0.128. The van der Waals surface area contributed by atoms with Gasteiger partial charge in [0, 0.05) is 78.3 Å². The van der Waals surface area contributed by atoms with Gasteiger partial charge in [-0.25, -0.2) is 0 Å². The molecule has 0 N–H and O–H groups in total. The lowest BCUT2D eigenvalue weighted by molar-refractivity contribution is 0.332. The molecule has 0 amide bonds. The van der Waals surface area contributed by atoms with E-state index in [0.29, 0.717) is 0 Å². The first kappa shape index (κ1) is 59.3. The van der Waals surface area contributed by atoms with E-state index in [4.69, 9.17) is 4.98 Å². The van der Waals surface area contributed by atoms with Crippen molar-refractivity contribution in [2.45, 2.75) is 155 Å². The molecule has 5 heterocycles. The monoisotopic (exact) mass is 1280 g/mol. The predicted octanol–water partition coefficient (Wildman–Crippen LogP) is 23.6. The molecular weight excluding hydrogens is 1190 g/mol. The molecule has 0 saturated carbocycles. The summed E-state index contributed by atoms with van der Waals surface area (Å²) in [6.45, 7) is 33.9. The summed E-state index contributed by atoms with van der Waals surface area (Å²) in [6.07, 6.45) is 9.02. The molecule has 3 aromatic heterocycles. The Morgan fingerprint density at radius 2 is 0.758 bits per heavy atom. The summed E-state index contributed by atoms with van der Waals surface area (Å²) < 4.78 is 5.52. The van der Waals surface area contributed by atoms with Crippen LogP contribution in [0.3, 0.4) is 0 Å². The van der Waals surface area contributed by atoms with Crippen LogP contribution in [0.5, 0.6) is 0 Å². The van der Waals surface area contributed by atoms with E-state index in [1.54, 1.807) is 0 Å². The van der Waals surface area contributed by atoms with Gasteiger partial charge in [-0.05, 0) is 215 Å². The Morgan fingerprint density at radius 3 is 1.27 bits per heavy atom. The van der Waals surface area contributed by atoms with Gasteiger partial charge in [-0.2, -0.15) is 0 Å². The fourth-order valence-corrected chi connectivity index (χ4v) is 19.8. The molecule has 4 aliphatic rings. The highest BCUT2D eigenvalue weighted by molar-refractivity contribution is 7.00. The van der Waals surface area contributed by atoms with Gasteiger partial charge in [0.25, 0.3) is 6.71 Å². The van der Waals surface area contributed by atoms with Gasteiger partial charge >= 0.3 is 0 Å². The Hall–Kier alpha value is -9.77. The van der Waals surface area contributed by atoms with E-state index in [1.165, 1.54) is 192 Å². The number of aromatic nitrogens is 3. The molecule has 4 heteroatoms. The molecule has 13 aromatic carbocycles. The van der Waals surface area contributed by atoms with Crippen LogP contribution >= 0.6 is 0 Å². The van der Waals surface area contributed by atoms with Crippen LogP contribution in [-0.4, -0.2) is 20.8 Å². The normalized spacial score (nSPS) is 16.5. The van der Waals surface area contributed by atoms with Crippen molar-refractivity contribution >= 4 is 131 Å². The van der Waals surface area contributed by atoms with E-state index in [9.17, 15) is 0 Å². The Bertz CT molecular complexity index is 6240. The lowest BCUT2D eigenvalue weighted by Gasteiger charge is -2.42. The summed E-state index contributed by atoms with van der Waals surface area (Å²) in [5.74, 6) is 0. The Kier molecular flexibility index (Phi) is 11.7. The molecule has 0 saturated heterocycles. The van der Waals surface area contributed by atoms with Gasteiger partial charge in [0.05, 0.1) is 16.6 Å².